The molecule has 0 aromatic carbocycles. The molecule has 0 aliphatic rings. The quantitative estimate of drug-likeness (QED) is 0.453. The van der Waals surface area contributed by atoms with Crippen molar-refractivity contribution in [1.82, 2.24) is 5.32 Å². The SMILES string of the molecule is O=C(CBr)NCI. The van der Waals surface area contributed by atoms with E-state index in [4.69, 9.17) is 0 Å². The average molecular weight is 278 g/mol. The average Bonchev–Trinajstić information content (AvgIpc) is 1.68. The van der Waals surface area contributed by atoms with Crippen molar-refractivity contribution >= 4 is 44.4 Å². The van der Waals surface area contributed by atoms with Crippen LogP contribution in [0.1, 0.15) is 0 Å². The molecule has 4 heteroatoms. The van der Waals surface area contributed by atoms with Crippen molar-refractivity contribution in [1.29, 1.82) is 0 Å². The minimum absolute atomic E-state index is 0.0365. The van der Waals surface area contributed by atoms with Crippen LogP contribution in [0.3, 0.4) is 0 Å². The largest absolute Gasteiger partial charge is 0.346 e. The van der Waals surface area contributed by atoms with Crippen LogP contribution < -0.4 is 5.32 Å². The summed E-state index contributed by atoms with van der Waals surface area (Å²) < 4.78 is 0.683. The van der Waals surface area contributed by atoms with Crippen molar-refractivity contribution < 1.29 is 4.79 Å². The number of hydrogen-bond acceptors (Lipinski definition) is 1. The van der Waals surface area contributed by atoms with Crippen LogP contribution in [-0.2, 0) is 4.79 Å². The van der Waals surface area contributed by atoms with Crippen molar-refractivity contribution in [2.45, 2.75) is 0 Å². The lowest BCUT2D eigenvalue weighted by Gasteiger charge is -1.91. The fourth-order valence-electron chi connectivity index (χ4n) is 0.122. The first kappa shape index (κ1) is 7.68. The number of carbonyl (C=O) groups excluding carboxylic acids is 1. The molecule has 0 saturated heterocycles. The van der Waals surface area contributed by atoms with Gasteiger partial charge in [-0.25, -0.2) is 0 Å². The van der Waals surface area contributed by atoms with E-state index in [1.807, 2.05) is 0 Å². The second-order valence-electron chi connectivity index (χ2n) is 0.867. The molecule has 0 unspecified atom stereocenters. The molecular formula is C3H5BrINO. The van der Waals surface area contributed by atoms with Gasteiger partial charge in [0, 0.05) is 0 Å². The van der Waals surface area contributed by atoms with Gasteiger partial charge in [0.25, 0.3) is 0 Å². The Balaban J connectivity index is 3.00. The highest BCUT2D eigenvalue weighted by Crippen LogP contribution is 1.79. The Hall–Kier alpha value is 0.680. The third kappa shape index (κ3) is 4.53. The van der Waals surface area contributed by atoms with Gasteiger partial charge in [0.05, 0.1) is 9.88 Å². The van der Waals surface area contributed by atoms with Gasteiger partial charge in [-0.05, 0) is 0 Å². The van der Waals surface area contributed by atoms with E-state index in [2.05, 4.69) is 43.8 Å². The molecule has 0 spiro atoms. The Kier molecular flexibility index (Phi) is 5.30. The van der Waals surface area contributed by atoms with Gasteiger partial charge >= 0.3 is 0 Å². The van der Waals surface area contributed by atoms with Crippen LogP contribution in [0.15, 0.2) is 0 Å². The molecule has 42 valence electrons. The van der Waals surface area contributed by atoms with Crippen LogP contribution in [-0.4, -0.2) is 15.8 Å². The first-order valence-corrected chi connectivity index (χ1v) is 4.34. The molecule has 0 heterocycles. The van der Waals surface area contributed by atoms with Gasteiger partial charge in [-0.2, -0.15) is 0 Å². The summed E-state index contributed by atoms with van der Waals surface area (Å²) >= 11 is 5.07. The summed E-state index contributed by atoms with van der Waals surface area (Å²) in [4.78, 5) is 10.2. The summed E-state index contributed by atoms with van der Waals surface area (Å²) in [5, 5.41) is 2.99. The lowest BCUT2D eigenvalue weighted by molar-refractivity contribution is -0.118. The summed E-state index contributed by atoms with van der Waals surface area (Å²) in [5.74, 6) is 0.0365. The highest BCUT2D eigenvalue weighted by atomic mass is 127. The van der Waals surface area contributed by atoms with Crippen molar-refractivity contribution in [3.63, 3.8) is 0 Å². The second-order valence-corrected chi connectivity index (χ2v) is 2.19. The zero-order chi connectivity index (χ0) is 5.70. The van der Waals surface area contributed by atoms with Gasteiger partial charge < -0.3 is 5.32 Å². The lowest BCUT2D eigenvalue weighted by Crippen LogP contribution is -2.21. The molecule has 1 amide bonds. The number of alkyl halides is 2. The fourth-order valence-corrected chi connectivity index (χ4v) is 0.745. The Morgan fingerprint density at radius 1 is 1.86 bits per heavy atom. The van der Waals surface area contributed by atoms with Crippen molar-refractivity contribution in [2.24, 2.45) is 0 Å². The molecule has 0 atom stereocenters. The number of carbonyl (C=O) groups is 1. The molecule has 0 bridgehead atoms. The molecule has 0 aromatic rings. The van der Waals surface area contributed by atoms with Gasteiger partial charge in [0.15, 0.2) is 0 Å². The number of halogens is 2. The standard InChI is InChI=1S/C3H5BrINO/c4-1-3(7)6-2-5/h1-2H2,(H,6,7). The minimum atomic E-state index is 0.0365. The first-order valence-electron chi connectivity index (χ1n) is 1.70. The highest BCUT2D eigenvalue weighted by molar-refractivity contribution is 14.1. The second kappa shape index (κ2) is 4.83. The topological polar surface area (TPSA) is 29.1 Å². The first-order chi connectivity index (χ1) is 3.31. The Labute approximate surface area is 64.3 Å². The van der Waals surface area contributed by atoms with Gasteiger partial charge in [-0.1, -0.05) is 38.5 Å². The molecule has 0 aromatic heterocycles. The van der Waals surface area contributed by atoms with Gasteiger partial charge in [0.2, 0.25) is 5.91 Å². The zero-order valence-electron chi connectivity index (χ0n) is 3.58. The molecular weight excluding hydrogens is 273 g/mol. The van der Waals surface area contributed by atoms with Gasteiger partial charge in [-0.15, -0.1) is 0 Å². The third-order valence-electron chi connectivity index (χ3n) is 0.385. The Morgan fingerprint density at radius 3 is 2.57 bits per heavy atom. The Morgan fingerprint density at radius 2 is 2.43 bits per heavy atom. The molecule has 2 nitrogen and oxygen atoms in total. The maximum Gasteiger partial charge on any atom is 0.231 e. The predicted octanol–water partition coefficient (Wildman–Crippen LogP) is 0.890. The minimum Gasteiger partial charge on any atom is -0.346 e. The molecule has 7 heavy (non-hydrogen) atoms. The molecule has 0 aliphatic heterocycles. The van der Waals surface area contributed by atoms with E-state index in [9.17, 15) is 4.79 Å². The van der Waals surface area contributed by atoms with Crippen LogP contribution in [0.5, 0.6) is 0 Å². The predicted molar refractivity (Wildman–Crippen MR) is 40.8 cm³/mol. The van der Waals surface area contributed by atoms with E-state index >= 15 is 0 Å². The molecule has 0 saturated carbocycles. The van der Waals surface area contributed by atoms with E-state index in [1.165, 1.54) is 0 Å². The summed E-state index contributed by atoms with van der Waals surface area (Å²) in [6.45, 7) is 0. The van der Waals surface area contributed by atoms with Crippen LogP contribution >= 0.6 is 38.5 Å². The zero-order valence-corrected chi connectivity index (χ0v) is 7.32. The normalized spacial score (nSPS) is 8.29. The van der Waals surface area contributed by atoms with Crippen LogP contribution in [0.2, 0.25) is 0 Å². The van der Waals surface area contributed by atoms with Gasteiger partial charge in [-0.3, -0.25) is 4.79 Å². The number of rotatable bonds is 2. The Bertz CT molecular complexity index is 68.0. The van der Waals surface area contributed by atoms with Gasteiger partial charge in [0.1, 0.15) is 0 Å². The summed E-state index contributed by atoms with van der Waals surface area (Å²) in [6.07, 6.45) is 0. The van der Waals surface area contributed by atoms with Crippen LogP contribution in [0.4, 0.5) is 0 Å². The van der Waals surface area contributed by atoms with Crippen LogP contribution in [0, 0.1) is 0 Å². The molecule has 0 rings (SSSR count). The summed E-state index contributed by atoms with van der Waals surface area (Å²) in [5.41, 5.74) is 0. The van der Waals surface area contributed by atoms with E-state index in [-0.39, 0.29) is 5.91 Å². The maximum atomic E-state index is 10.2. The smallest absolute Gasteiger partial charge is 0.231 e. The maximum absolute atomic E-state index is 10.2. The van der Waals surface area contributed by atoms with Crippen molar-refractivity contribution in [3.8, 4) is 0 Å². The fraction of sp³-hybridized carbons (Fsp3) is 0.667. The van der Waals surface area contributed by atoms with E-state index in [0.717, 1.165) is 0 Å². The number of amides is 1. The molecule has 1 N–H and O–H groups in total. The molecule has 0 aliphatic carbocycles. The molecule has 0 fully saturated rings. The summed E-state index contributed by atoms with van der Waals surface area (Å²) in [6, 6.07) is 0. The summed E-state index contributed by atoms with van der Waals surface area (Å²) in [7, 11) is 0. The van der Waals surface area contributed by atoms with E-state index < -0.39 is 0 Å². The number of nitrogens with one attached hydrogen (secondary N) is 1. The van der Waals surface area contributed by atoms with Crippen LogP contribution in [0.25, 0.3) is 0 Å². The van der Waals surface area contributed by atoms with Crippen molar-refractivity contribution in [2.75, 3.05) is 9.88 Å². The van der Waals surface area contributed by atoms with Crippen molar-refractivity contribution in [3.05, 3.63) is 0 Å². The monoisotopic (exact) mass is 277 g/mol. The van der Waals surface area contributed by atoms with E-state index in [0.29, 0.717) is 9.88 Å². The van der Waals surface area contributed by atoms with E-state index in [1.54, 1.807) is 0 Å². The lowest BCUT2D eigenvalue weighted by atomic mass is 10.7. The highest BCUT2D eigenvalue weighted by Gasteiger charge is 1.90. The third-order valence-corrected chi connectivity index (χ3v) is 1.28. The number of hydrogen-bond donors (Lipinski definition) is 1. The molecule has 0 radical (unpaired) electrons.